The number of nitriles is 2. The molecule has 0 fully saturated rings. The average molecular weight is 397 g/mol. The maximum Gasteiger partial charge on any atom is 0.412 e. The lowest BCUT2D eigenvalue weighted by molar-refractivity contribution is -0.130. The molecule has 1 N–H and O–H groups in total. The fourth-order valence-corrected chi connectivity index (χ4v) is 3.08. The van der Waals surface area contributed by atoms with Gasteiger partial charge in [-0.2, -0.15) is 23.7 Å². The Morgan fingerprint density at radius 2 is 1.79 bits per heavy atom. The first kappa shape index (κ1) is 22.0. The van der Waals surface area contributed by atoms with Gasteiger partial charge in [0.2, 0.25) is 0 Å². The molecule has 1 atom stereocenters. The number of benzene rings is 2. The Hall–Kier alpha value is -3.25. The van der Waals surface area contributed by atoms with Crippen molar-refractivity contribution in [1.82, 2.24) is 0 Å². The van der Waals surface area contributed by atoms with Gasteiger partial charge in [-0.3, -0.25) is 0 Å². The summed E-state index contributed by atoms with van der Waals surface area (Å²) in [4.78, 5) is 0. The highest BCUT2D eigenvalue weighted by atomic mass is 19.4. The zero-order valence-corrected chi connectivity index (χ0v) is 16.3. The SMILES string of the molecule is CCCC/C=C(\c1ccc(C#N)cc1C)C(Nc1cccc(C#N)c1)C(F)(F)F. The quantitative estimate of drug-likeness (QED) is 0.553. The van der Waals surface area contributed by atoms with Gasteiger partial charge in [-0.1, -0.05) is 38.0 Å². The van der Waals surface area contributed by atoms with Crippen LogP contribution in [0.2, 0.25) is 0 Å². The Balaban J connectivity index is 2.55. The molecule has 0 heterocycles. The zero-order chi connectivity index (χ0) is 21.4. The van der Waals surface area contributed by atoms with E-state index in [4.69, 9.17) is 10.5 Å². The van der Waals surface area contributed by atoms with Gasteiger partial charge < -0.3 is 5.32 Å². The summed E-state index contributed by atoms with van der Waals surface area (Å²) >= 11 is 0. The van der Waals surface area contributed by atoms with Gasteiger partial charge in [-0.15, -0.1) is 0 Å². The van der Waals surface area contributed by atoms with Crippen LogP contribution in [0.4, 0.5) is 18.9 Å². The summed E-state index contributed by atoms with van der Waals surface area (Å²) < 4.78 is 42.3. The number of rotatable bonds is 7. The number of allylic oxidation sites excluding steroid dienone is 1. The van der Waals surface area contributed by atoms with Gasteiger partial charge in [-0.05, 0) is 60.4 Å². The number of anilines is 1. The highest BCUT2D eigenvalue weighted by molar-refractivity contribution is 5.76. The number of hydrogen-bond donors (Lipinski definition) is 1. The molecule has 0 aromatic heterocycles. The molecular formula is C23H22F3N3. The summed E-state index contributed by atoms with van der Waals surface area (Å²) in [6, 6.07) is 12.7. The Morgan fingerprint density at radius 3 is 2.38 bits per heavy atom. The normalized spacial score (nSPS) is 12.7. The third-order valence-corrected chi connectivity index (χ3v) is 4.53. The molecule has 150 valence electrons. The van der Waals surface area contributed by atoms with Crippen molar-refractivity contribution in [3.05, 3.63) is 70.8 Å². The van der Waals surface area contributed by atoms with Crippen LogP contribution in [-0.2, 0) is 0 Å². The third kappa shape index (κ3) is 5.86. The van der Waals surface area contributed by atoms with Crippen LogP contribution in [0.3, 0.4) is 0 Å². The van der Waals surface area contributed by atoms with E-state index < -0.39 is 12.2 Å². The van der Waals surface area contributed by atoms with Crippen molar-refractivity contribution >= 4 is 11.3 Å². The Bertz CT molecular complexity index is 963. The molecule has 0 saturated heterocycles. The van der Waals surface area contributed by atoms with Gasteiger partial charge in [-0.25, -0.2) is 0 Å². The highest BCUT2D eigenvalue weighted by Crippen LogP contribution is 2.36. The number of nitrogens with one attached hydrogen (secondary N) is 1. The lowest BCUT2D eigenvalue weighted by Crippen LogP contribution is -2.37. The lowest BCUT2D eigenvalue weighted by Gasteiger charge is -2.27. The van der Waals surface area contributed by atoms with Gasteiger partial charge >= 0.3 is 6.18 Å². The number of nitrogens with zero attached hydrogens (tertiary/aromatic N) is 2. The Morgan fingerprint density at radius 1 is 1.10 bits per heavy atom. The van der Waals surface area contributed by atoms with Crippen molar-refractivity contribution < 1.29 is 13.2 Å². The fourth-order valence-electron chi connectivity index (χ4n) is 3.08. The first-order valence-electron chi connectivity index (χ1n) is 9.34. The minimum Gasteiger partial charge on any atom is -0.370 e. The molecule has 29 heavy (non-hydrogen) atoms. The van der Waals surface area contributed by atoms with E-state index in [9.17, 15) is 13.2 Å². The van der Waals surface area contributed by atoms with E-state index in [2.05, 4.69) is 5.32 Å². The molecule has 0 saturated carbocycles. The first-order valence-corrected chi connectivity index (χ1v) is 9.34. The highest BCUT2D eigenvalue weighted by Gasteiger charge is 2.42. The van der Waals surface area contributed by atoms with E-state index in [1.165, 1.54) is 24.3 Å². The van der Waals surface area contributed by atoms with Crippen LogP contribution in [0.15, 0.2) is 48.5 Å². The van der Waals surface area contributed by atoms with E-state index in [0.717, 1.165) is 12.8 Å². The summed E-state index contributed by atoms with van der Waals surface area (Å²) in [5.41, 5.74) is 2.08. The molecule has 0 radical (unpaired) electrons. The van der Waals surface area contributed by atoms with E-state index in [1.807, 2.05) is 19.1 Å². The van der Waals surface area contributed by atoms with Crippen LogP contribution >= 0.6 is 0 Å². The predicted octanol–water partition coefficient (Wildman–Crippen LogP) is 6.35. The third-order valence-electron chi connectivity index (χ3n) is 4.53. The lowest BCUT2D eigenvalue weighted by atomic mass is 9.91. The standard InChI is InChI=1S/C23H22F3N3/c1-3-4-5-9-21(20-11-10-18(15-28)12-16(20)2)22(23(24,25)26)29-19-8-6-7-17(13-19)14-27/h6-13,22,29H,3-5H2,1-2H3/b21-9+. The molecule has 1 unspecified atom stereocenters. The number of halogens is 3. The van der Waals surface area contributed by atoms with E-state index in [0.29, 0.717) is 23.1 Å². The van der Waals surface area contributed by atoms with E-state index >= 15 is 0 Å². The van der Waals surface area contributed by atoms with Crippen molar-refractivity contribution in [1.29, 1.82) is 10.5 Å². The molecule has 3 nitrogen and oxygen atoms in total. The van der Waals surface area contributed by atoms with Gasteiger partial charge in [0.15, 0.2) is 0 Å². The number of unbranched alkanes of at least 4 members (excludes halogenated alkanes) is 2. The van der Waals surface area contributed by atoms with Crippen LogP contribution in [-0.4, -0.2) is 12.2 Å². The van der Waals surface area contributed by atoms with Crippen molar-refractivity contribution in [2.45, 2.75) is 45.3 Å². The van der Waals surface area contributed by atoms with Crippen LogP contribution < -0.4 is 5.32 Å². The van der Waals surface area contributed by atoms with Crippen LogP contribution in [0.5, 0.6) is 0 Å². The predicted molar refractivity (Wildman–Crippen MR) is 108 cm³/mol. The first-order chi connectivity index (χ1) is 13.8. The maximum absolute atomic E-state index is 14.1. The zero-order valence-electron chi connectivity index (χ0n) is 16.3. The van der Waals surface area contributed by atoms with E-state index in [1.54, 1.807) is 31.2 Å². The molecule has 0 spiro atoms. The van der Waals surface area contributed by atoms with Crippen LogP contribution in [0.1, 0.15) is 48.4 Å². The molecule has 0 aliphatic carbocycles. The van der Waals surface area contributed by atoms with Gasteiger partial charge in [0.1, 0.15) is 6.04 Å². The smallest absolute Gasteiger partial charge is 0.370 e. The molecular weight excluding hydrogens is 375 g/mol. The largest absolute Gasteiger partial charge is 0.412 e. The molecule has 0 aliphatic rings. The van der Waals surface area contributed by atoms with Crippen LogP contribution in [0.25, 0.3) is 5.57 Å². The molecule has 0 aliphatic heterocycles. The van der Waals surface area contributed by atoms with Crippen LogP contribution in [0, 0.1) is 29.6 Å². The van der Waals surface area contributed by atoms with Crippen molar-refractivity contribution in [2.75, 3.05) is 5.32 Å². The molecule has 2 aromatic rings. The maximum atomic E-state index is 14.1. The van der Waals surface area contributed by atoms with Gasteiger partial charge in [0, 0.05) is 5.69 Å². The Kier molecular flexibility index (Phi) is 7.45. The van der Waals surface area contributed by atoms with E-state index in [-0.39, 0.29) is 16.8 Å². The molecule has 0 bridgehead atoms. The summed E-state index contributed by atoms with van der Waals surface area (Å²) in [5.74, 6) is 0. The molecule has 2 aromatic carbocycles. The summed E-state index contributed by atoms with van der Waals surface area (Å²) in [7, 11) is 0. The fraction of sp³-hybridized carbons (Fsp3) is 0.304. The minimum absolute atomic E-state index is 0.121. The van der Waals surface area contributed by atoms with Crippen molar-refractivity contribution in [3.63, 3.8) is 0 Å². The number of alkyl halides is 3. The molecule has 6 heteroatoms. The molecule has 0 amide bonds. The summed E-state index contributed by atoms with van der Waals surface area (Å²) in [5, 5.41) is 20.7. The van der Waals surface area contributed by atoms with Crippen molar-refractivity contribution in [2.24, 2.45) is 0 Å². The monoisotopic (exact) mass is 397 g/mol. The second-order valence-corrected chi connectivity index (χ2v) is 6.75. The van der Waals surface area contributed by atoms with Gasteiger partial charge in [0.25, 0.3) is 0 Å². The average Bonchev–Trinajstić information content (AvgIpc) is 2.69. The second-order valence-electron chi connectivity index (χ2n) is 6.75. The van der Waals surface area contributed by atoms with Crippen molar-refractivity contribution in [3.8, 4) is 12.1 Å². The summed E-state index contributed by atoms with van der Waals surface area (Å²) in [6.07, 6.45) is -0.784. The number of hydrogen-bond acceptors (Lipinski definition) is 3. The minimum atomic E-state index is -4.55. The molecule has 2 rings (SSSR count). The summed E-state index contributed by atoms with van der Waals surface area (Å²) in [6.45, 7) is 3.68. The number of aryl methyl sites for hydroxylation is 1. The Labute approximate surface area is 169 Å². The van der Waals surface area contributed by atoms with Gasteiger partial charge in [0.05, 0.1) is 23.3 Å². The second kappa shape index (κ2) is 9.80. The topological polar surface area (TPSA) is 59.6 Å².